The lowest BCUT2D eigenvalue weighted by Crippen LogP contribution is -2.28. The molecular weight excluding hydrogens is 545 g/mol. The molecule has 4 unspecified atom stereocenters. The van der Waals surface area contributed by atoms with Crippen LogP contribution in [-0.4, -0.2) is 36.9 Å². The van der Waals surface area contributed by atoms with Gasteiger partial charge in [-0.2, -0.15) is 11.8 Å². The molecule has 0 bridgehead atoms. The van der Waals surface area contributed by atoms with Crippen LogP contribution in [0.5, 0.6) is 0 Å². The maximum absolute atomic E-state index is 6.24. The summed E-state index contributed by atoms with van der Waals surface area (Å²) in [5.41, 5.74) is 2.97. The van der Waals surface area contributed by atoms with Crippen LogP contribution in [0.4, 0.5) is 0 Å². The Bertz CT molecular complexity index is 831. The molecule has 2 saturated heterocycles. The Morgan fingerprint density at radius 3 is 1.37 bits per heavy atom. The molecule has 0 saturated carbocycles. The molecule has 0 spiro atoms. The first kappa shape index (κ1) is 34.6. The van der Waals surface area contributed by atoms with E-state index >= 15 is 0 Å². The summed E-state index contributed by atoms with van der Waals surface area (Å²) in [6.45, 7) is 1.96. The minimum Gasteiger partial charge on any atom is -0.378 e. The molecule has 2 aromatic carbocycles. The third-order valence-electron chi connectivity index (χ3n) is 10.0. The van der Waals surface area contributed by atoms with Crippen LogP contribution in [0.1, 0.15) is 127 Å². The van der Waals surface area contributed by atoms with Crippen LogP contribution in [0.25, 0.3) is 0 Å². The Labute approximate surface area is 269 Å². The molecule has 0 N–H and O–H groups in total. The fourth-order valence-corrected chi connectivity index (χ4v) is 8.35. The van der Waals surface area contributed by atoms with Crippen molar-refractivity contribution in [3.05, 3.63) is 71.8 Å². The third-order valence-corrected chi connectivity index (χ3v) is 11.2. The van der Waals surface area contributed by atoms with Gasteiger partial charge in [0.25, 0.3) is 0 Å². The molecule has 0 radical (unpaired) electrons. The minimum absolute atomic E-state index is 0.508. The molecule has 2 fully saturated rings. The average Bonchev–Trinajstić information content (AvgIpc) is 3.07. The molecule has 2 aliphatic rings. The number of hydrogen-bond donors (Lipinski definition) is 0. The smallest absolute Gasteiger partial charge is 0.0603 e. The first-order valence-electron chi connectivity index (χ1n) is 18.3. The van der Waals surface area contributed by atoms with Gasteiger partial charge in [0.15, 0.2) is 0 Å². The number of rotatable bonds is 22. The number of ether oxygens (including phenoxy) is 2. The summed E-state index contributed by atoms with van der Waals surface area (Å²) >= 11 is 2.20. The molecular formula is C40H62O2S. The van der Waals surface area contributed by atoms with E-state index in [9.17, 15) is 0 Å². The Morgan fingerprint density at radius 1 is 0.512 bits per heavy atom. The van der Waals surface area contributed by atoms with Crippen LogP contribution in [0.15, 0.2) is 60.7 Å². The second kappa shape index (κ2) is 22.3. The monoisotopic (exact) mass is 606 g/mol. The van der Waals surface area contributed by atoms with Gasteiger partial charge in [0.2, 0.25) is 0 Å². The largest absolute Gasteiger partial charge is 0.378 e. The van der Waals surface area contributed by atoms with Crippen LogP contribution < -0.4 is 0 Å². The normalized spacial score (nSPS) is 20.6. The van der Waals surface area contributed by atoms with Gasteiger partial charge in [0.05, 0.1) is 12.2 Å². The van der Waals surface area contributed by atoms with E-state index in [1.807, 2.05) is 0 Å². The lowest BCUT2D eigenvalue weighted by Gasteiger charge is -2.31. The summed E-state index contributed by atoms with van der Waals surface area (Å²) in [6.07, 6.45) is 27.6. The fourth-order valence-electron chi connectivity index (χ4n) is 7.33. The quantitative estimate of drug-likeness (QED) is 0.124. The highest BCUT2D eigenvalue weighted by molar-refractivity contribution is 7.99. The number of aryl methyl sites for hydroxylation is 2. The maximum Gasteiger partial charge on any atom is 0.0603 e. The third kappa shape index (κ3) is 14.6. The van der Waals surface area contributed by atoms with E-state index in [1.54, 1.807) is 0 Å². The standard InChI is InChI=1S/C40H62O2S/c1(11-23-37(39-25-13-15-31-41-39)29-27-35-19-7-5-8-20-35)3-17-33-43-34-18-4-2-12-24-38(40-26-14-16-32-42-40)30-28-36-21-9-6-10-22-36/h5-10,19-22,37-40H,1-4,11-18,23-34H2. The van der Waals surface area contributed by atoms with Crippen LogP contribution in [0.3, 0.4) is 0 Å². The zero-order valence-corrected chi connectivity index (χ0v) is 28.1. The van der Waals surface area contributed by atoms with Gasteiger partial charge in [0, 0.05) is 13.2 Å². The van der Waals surface area contributed by atoms with E-state index < -0.39 is 0 Å². The molecule has 0 amide bonds. The lowest BCUT2D eigenvalue weighted by atomic mass is 9.86. The first-order chi connectivity index (χ1) is 21.4. The van der Waals surface area contributed by atoms with Crippen molar-refractivity contribution in [1.29, 1.82) is 0 Å². The van der Waals surface area contributed by atoms with Crippen LogP contribution in [0, 0.1) is 11.8 Å². The molecule has 43 heavy (non-hydrogen) atoms. The SMILES string of the molecule is c1ccc(CCC(CCCCCCSCCCCCCC(CCc2ccccc2)C2CCCCO2)C2CCCCO2)cc1. The zero-order chi connectivity index (χ0) is 29.6. The molecule has 3 heteroatoms. The predicted molar refractivity (Wildman–Crippen MR) is 187 cm³/mol. The average molecular weight is 607 g/mol. The molecule has 2 nitrogen and oxygen atoms in total. The maximum atomic E-state index is 6.24. The molecule has 4 rings (SSSR count). The first-order valence-corrected chi connectivity index (χ1v) is 19.4. The Hall–Kier alpha value is -1.29. The van der Waals surface area contributed by atoms with Crippen LogP contribution >= 0.6 is 11.8 Å². The number of hydrogen-bond acceptors (Lipinski definition) is 3. The van der Waals surface area contributed by atoms with Gasteiger partial charge >= 0.3 is 0 Å². The van der Waals surface area contributed by atoms with Crippen molar-refractivity contribution >= 4 is 11.8 Å². The Balaban J connectivity index is 0.994. The summed E-state index contributed by atoms with van der Waals surface area (Å²) in [5.74, 6) is 4.18. The number of thioether (sulfide) groups is 1. The number of unbranched alkanes of at least 4 members (excludes halogenated alkanes) is 6. The second-order valence-corrected chi connectivity index (χ2v) is 14.6. The van der Waals surface area contributed by atoms with Crippen molar-refractivity contribution in [1.82, 2.24) is 0 Å². The molecule has 4 atom stereocenters. The van der Waals surface area contributed by atoms with Gasteiger partial charge in [0.1, 0.15) is 0 Å². The van der Waals surface area contributed by atoms with E-state index in [-0.39, 0.29) is 0 Å². The van der Waals surface area contributed by atoms with Crippen molar-refractivity contribution in [2.45, 2.75) is 141 Å². The Kier molecular flexibility index (Phi) is 17.9. The second-order valence-electron chi connectivity index (χ2n) is 13.4. The van der Waals surface area contributed by atoms with Crippen molar-refractivity contribution in [2.24, 2.45) is 11.8 Å². The van der Waals surface area contributed by atoms with E-state index in [0.29, 0.717) is 12.2 Å². The summed E-state index contributed by atoms with van der Waals surface area (Å²) < 4.78 is 12.5. The van der Waals surface area contributed by atoms with E-state index in [4.69, 9.17) is 9.47 Å². The van der Waals surface area contributed by atoms with Gasteiger partial charge < -0.3 is 9.47 Å². The summed E-state index contributed by atoms with van der Waals surface area (Å²) in [7, 11) is 0. The van der Waals surface area contributed by atoms with Crippen molar-refractivity contribution in [3.63, 3.8) is 0 Å². The summed E-state index contributed by atoms with van der Waals surface area (Å²) in [6, 6.07) is 22.1. The molecule has 2 heterocycles. The van der Waals surface area contributed by atoms with E-state index in [0.717, 1.165) is 25.0 Å². The van der Waals surface area contributed by atoms with Gasteiger partial charge in [-0.05, 0) is 124 Å². The lowest BCUT2D eigenvalue weighted by molar-refractivity contribution is -0.0260. The molecule has 240 valence electrons. The summed E-state index contributed by atoms with van der Waals surface area (Å²) in [5, 5.41) is 0. The predicted octanol–water partition coefficient (Wildman–Crippen LogP) is 11.3. The number of benzene rings is 2. The minimum atomic E-state index is 0.508. The molecule has 2 aromatic rings. The van der Waals surface area contributed by atoms with Gasteiger partial charge in [-0.15, -0.1) is 0 Å². The molecule has 0 aromatic heterocycles. The molecule has 0 aliphatic carbocycles. The van der Waals surface area contributed by atoms with Crippen molar-refractivity contribution in [2.75, 3.05) is 24.7 Å². The van der Waals surface area contributed by atoms with E-state index in [2.05, 4.69) is 72.4 Å². The highest BCUT2D eigenvalue weighted by Gasteiger charge is 2.25. The molecule has 2 aliphatic heterocycles. The van der Waals surface area contributed by atoms with Gasteiger partial charge in [-0.1, -0.05) is 99.2 Å². The topological polar surface area (TPSA) is 18.5 Å². The highest BCUT2D eigenvalue weighted by Crippen LogP contribution is 2.30. The van der Waals surface area contributed by atoms with Crippen LogP contribution in [-0.2, 0) is 22.3 Å². The zero-order valence-electron chi connectivity index (χ0n) is 27.3. The Morgan fingerprint density at radius 2 is 0.953 bits per heavy atom. The van der Waals surface area contributed by atoms with Crippen molar-refractivity contribution in [3.8, 4) is 0 Å². The van der Waals surface area contributed by atoms with E-state index in [1.165, 1.54) is 151 Å². The van der Waals surface area contributed by atoms with Gasteiger partial charge in [-0.3, -0.25) is 0 Å². The summed E-state index contributed by atoms with van der Waals surface area (Å²) in [4.78, 5) is 0. The van der Waals surface area contributed by atoms with Crippen LogP contribution in [0.2, 0.25) is 0 Å². The van der Waals surface area contributed by atoms with Crippen molar-refractivity contribution < 1.29 is 9.47 Å². The van der Waals surface area contributed by atoms with Gasteiger partial charge in [-0.25, -0.2) is 0 Å². The fraction of sp³-hybridized carbons (Fsp3) is 0.700. The highest BCUT2D eigenvalue weighted by atomic mass is 32.2.